The molecular formula is C13H15N3O2S. The summed E-state index contributed by atoms with van der Waals surface area (Å²) in [4.78, 5) is 23.1. The van der Waals surface area contributed by atoms with E-state index in [4.69, 9.17) is 18.0 Å². The minimum Gasteiger partial charge on any atom is -0.389 e. The topological polar surface area (TPSA) is 84.2 Å². The fourth-order valence-electron chi connectivity index (χ4n) is 2.07. The molecule has 1 fully saturated rings. The highest BCUT2D eigenvalue weighted by Gasteiger charge is 2.27. The molecule has 2 rings (SSSR count). The van der Waals surface area contributed by atoms with Gasteiger partial charge < -0.3 is 11.1 Å². The first-order valence-corrected chi connectivity index (χ1v) is 6.39. The monoisotopic (exact) mass is 277 g/mol. The molecule has 2 amide bonds. The van der Waals surface area contributed by atoms with Crippen LogP contribution in [0.5, 0.6) is 0 Å². The molecule has 6 heteroatoms. The molecule has 0 bridgehead atoms. The molecule has 0 spiro atoms. The molecule has 0 saturated carbocycles. The lowest BCUT2D eigenvalue weighted by molar-refractivity contribution is -0.133. The van der Waals surface area contributed by atoms with Crippen LogP contribution in [0.3, 0.4) is 0 Å². The Labute approximate surface area is 116 Å². The van der Waals surface area contributed by atoms with Gasteiger partial charge in [0.1, 0.15) is 11.0 Å². The van der Waals surface area contributed by atoms with Crippen molar-refractivity contribution in [1.82, 2.24) is 5.32 Å². The van der Waals surface area contributed by atoms with E-state index in [1.807, 2.05) is 25.1 Å². The number of hydrogen-bond acceptors (Lipinski definition) is 4. The molecule has 1 aliphatic heterocycles. The number of para-hydroxylation sites is 1. The molecular weight excluding hydrogens is 262 g/mol. The number of nitrogens with one attached hydrogen (secondary N) is 2. The minimum absolute atomic E-state index is 0.234. The second-order valence-corrected chi connectivity index (χ2v) is 4.95. The number of anilines is 1. The summed E-state index contributed by atoms with van der Waals surface area (Å²) in [5, 5.41) is 5.45. The molecule has 5 nitrogen and oxygen atoms in total. The Bertz CT molecular complexity index is 557. The van der Waals surface area contributed by atoms with E-state index in [0.717, 1.165) is 11.3 Å². The van der Waals surface area contributed by atoms with Gasteiger partial charge in [-0.15, -0.1) is 0 Å². The van der Waals surface area contributed by atoms with Crippen molar-refractivity contribution in [3.8, 4) is 0 Å². The third kappa shape index (κ3) is 2.90. The number of carbonyl (C=O) groups excluding carboxylic acids is 2. The predicted octanol–water partition coefficient (Wildman–Crippen LogP) is 0.846. The Balaban J connectivity index is 2.26. The lowest BCUT2D eigenvalue weighted by Gasteiger charge is -2.25. The molecule has 0 aliphatic carbocycles. The van der Waals surface area contributed by atoms with E-state index in [1.54, 1.807) is 0 Å². The second kappa shape index (κ2) is 5.36. The first kappa shape index (κ1) is 13.5. The van der Waals surface area contributed by atoms with Gasteiger partial charge in [0.05, 0.1) is 0 Å². The molecule has 100 valence electrons. The van der Waals surface area contributed by atoms with Crippen LogP contribution in [0.2, 0.25) is 0 Å². The van der Waals surface area contributed by atoms with Crippen molar-refractivity contribution in [2.75, 3.05) is 5.32 Å². The predicted molar refractivity (Wildman–Crippen MR) is 76.9 cm³/mol. The molecule has 1 saturated heterocycles. The Morgan fingerprint density at radius 3 is 2.84 bits per heavy atom. The number of nitrogens with two attached hydrogens (primary N) is 1. The van der Waals surface area contributed by atoms with Crippen molar-refractivity contribution in [3.05, 3.63) is 29.3 Å². The van der Waals surface area contributed by atoms with Gasteiger partial charge in [-0.1, -0.05) is 24.4 Å². The van der Waals surface area contributed by atoms with Crippen molar-refractivity contribution >= 4 is 34.7 Å². The highest BCUT2D eigenvalue weighted by Crippen LogP contribution is 2.23. The summed E-state index contributed by atoms with van der Waals surface area (Å²) in [5.41, 5.74) is 8.10. The van der Waals surface area contributed by atoms with Crippen LogP contribution in [0.25, 0.3) is 0 Å². The van der Waals surface area contributed by atoms with Gasteiger partial charge in [-0.2, -0.15) is 0 Å². The summed E-state index contributed by atoms with van der Waals surface area (Å²) in [6, 6.07) is 5.14. The van der Waals surface area contributed by atoms with Crippen molar-refractivity contribution in [1.29, 1.82) is 0 Å². The lowest BCUT2D eigenvalue weighted by Crippen LogP contribution is -2.47. The fraction of sp³-hybridized carbons (Fsp3) is 0.308. The van der Waals surface area contributed by atoms with E-state index in [2.05, 4.69) is 10.6 Å². The number of hydrogen-bond donors (Lipinski definition) is 3. The number of rotatable bonds is 3. The molecule has 4 N–H and O–H groups in total. The molecule has 0 radical (unpaired) electrons. The smallest absolute Gasteiger partial charge is 0.249 e. The van der Waals surface area contributed by atoms with Gasteiger partial charge in [-0.3, -0.25) is 14.9 Å². The number of piperidine rings is 1. The summed E-state index contributed by atoms with van der Waals surface area (Å²) >= 11 is 5.01. The molecule has 1 unspecified atom stereocenters. The molecule has 1 aromatic rings. The first-order valence-electron chi connectivity index (χ1n) is 5.98. The van der Waals surface area contributed by atoms with Gasteiger partial charge in [-0.25, -0.2) is 0 Å². The number of benzene rings is 1. The third-order valence-corrected chi connectivity index (χ3v) is 3.32. The van der Waals surface area contributed by atoms with E-state index in [0.29, 0.717) is 18.4 Å². The zero-order valence-corrected chi connectivity index (χ0v) is 11.3. The maximum atomic E-state index is 11.7. The van der Waals surface area contributed by atoms with Crippen molar-refractivity contribution < 1.29 is 9.59 Å². The standard InChI is InChI=1S/C13H15N3O2S/c1-7-3-2-4-8(12(14)19)11(7)15-9-5-6-10(17)16-13(9)18/h2-4,9,15H,5-6H2,1H3,(H2,14,19)(H,16,17,18). The number of amides is 2. The Kier molecular flexibility index (Phi) is 3.80. The van der Waals surface area contributed by atoms with Crippen LogP contribution in [0.4, 0.5) is 5.69 Å². The van der Waals surface area contributed by atoms with E-state index in [9.17, 15) is 9.59 Å². The maximum Gasteiger partial charge on any atom is 0.249 e. The zero-order valence-electron chi connectivity index (χ0n) is 10.5. The van der Waals surface area contributed by atoms with Gasteiger partial charge in [0.2, 0.25) is 11.8 Å². The average Bonchev–Trinajstić information content (AvgIpc) is 2.34. The molecule has 1 aromatic carbocycles. The third-order valence-electron chi connectivity index (χ3n) is 3.10. The van der Waals surface area contributed by atoms with Crippen molar-refractivity contribution in [3.63, 3.8) is 0 Å². The summed E-state index contributed by atoms with van der Waals surface area (Å²) in [5.74, 6) is -0.546. The highest BCUT2D eigenvalue weighted by atomic mass is 32.1. The van der Waals surface area contributed by atoms with Crippen molar-refractivity contribution in [2.24, 2.45) is 5.73 Å². The lowest BCUT2D eigenvalue weighted by atomic mass is 10.0. The molecule has 1 atom stereocenters. The van der Waals surface area contributed by atoms with E-state index < -0.39 is 6.04 Å². The van der Waals surface area contributed by atoms with Gasteiger partial charge >= 0.3 is 0 Å². The summed E-state index contributed by atoms with van der Waals surface area (Å²) < 4.78 is 0. The van der Waals surface area contributed by atoms with Gasteiger partial charge in [-0.05, 0) is 25.0 Å². The van der Waals surface area contributed by atoms with E-state index >= 15 is 0 Å². The zero-order chi connectivity index (χ0) is 14.0. The number of aryl methyl sites for hydroxylation is 1. The molecule has 1 heterocycles. The molecule has 1 aliphatic rings. The van der Waals surface area contributed by atoms with E-state index in [1.165, 1.54) is 0 Å². The second-order valence-electron chi connectivity index (χ2n) is 4.51. The fourth-order valence-corrected chi connectivity index (χ4v) is 2.24. The van der Waals surface area contributed by atoms with Crippen molar-refractivity contribution in [2.45, 2.75) is 25.8 Å². The number of carbonyl (C=O) groups is 2. The maximum absolute atomic E-state index is 11.7. The first-order chi connectivity index (χ1) is 8.99. The Hall–Kier alpha value is -1.95. The van der Waals surface area contributed by atoms with Crippen LogP contribution in [0.15, 0.2) is 18.2 Å². The quantitative estimate of drug-likeness (QED) is 0.563. The van der Waals surface area contributed by atoms with Crippen LogP contribution in [0.1, 0.15) is 24.0 Å². The van der Waals surface area contributed by atoms with Crippen LogP contribution < -0.4 is 16.4 Å². The number of imide groups is 1. The SMILES string of the molecule is Cc1cccc(C(N)=S)c1NC1CCC(=O)NC1=O. The van der Waals surface area contributed by atoms with Gasteiger partial charge in [0.15, 0.2) is 0 Å². The Morgan fingerprint density at radius 2 is 2.21 bits per heavy atom. The minimum atomic E-state index is -0.438. The van der Waals surface area contributed by atoms with E-state index in [-0.39, 0.29) is 16.8 Å². The largest absolute Gasteiger partial charge is 0.389 e. The van der Waals surface area contributed by atoms with Gasteiger partial charge in [0.25, 0.3) is 0 Å². The molecule has 19 heavy (non-hydrogen) atoms. The van der Waals surface area contributed by atoms with Crippen LogP contribution >= 0.6 is 12.2 Å². The summed E-state index contributed by atoms with van der Waals surface area (Å²) in [7, 11) is 0. The van der Waals surface area contributed by atoms with Gasteiger partial charge in [0, 0.05) is 17.7 Å². The molecule has 0 aromatic heterocycles. The summed E-state index contributed by atoms with van der Waals surface area (Å²) in [6.07, 6.45) is 0.799. The highest BCUT2D eigenvalue weighted by molar-refractivity contribution is 7.80. The van der Waals surface area contributed by atoms with Crippen LogP contribution in [-0.4, -0.2) is 22.8 Å². The summed E-state index contributed by atoms with van der Waals surface area (Å²) in [6.45, 7) is 1.91. The van der Waals surface area contributed by atoms with Crippen LogP contribution in [0, 0.1) is 6.92 Å². The number of thiocarbonyl (C=S) groups is 1. The van der Waals surface area contributed by atoms with Crippen LogP contribution in [-0.2, 0) is 9.59 Å². The Morgan fingerprint density at radius 1 is 1.47 bits per heavy atom. The average molecular weight is 277 g/mol. The normalized spacial score (nSPS) is 18.9.